The van der Waals surface area contributed by atoms with E-state index in [4.69, 9.17) is 10.2 Å². The highest BCUT2D eigenvalue weighted by Crippen LogP contribution is 2.13. The molecule has 0 saturated heterocycles. The molecule has 0 aliphatic heterocycles. The first-order valence-corrected chi connectivity index (χ1v) is 8.18. The van der Waals surface area contributed by atoms with E-state index in [0.717, 1.165) is 19.3 Å². The van der Waals surface area contributed by atoms with Gasteiger partial charge in [0.15, 0.2) is 0 Å². The predicted molar refractivity (Wildman–Crippen MR) is 80.0 cm³/mol. The molecule has 120 valence electrons. The summed E-state index contributed by atoms with van der Waals surface area (Å²) >= 11 is 0. The zero-order chi connectivity index (χ0) is 15.3. The molecule has 0 aliphatic rings. The van der Waals surface area contributed by atoms with Crippen LogP contribution in [0.4, 0.5) is 0 Å². The van der Waals surface area contributed by atoms with Gasteiger partial charge in [0, 0.05) is 12.8 Å². The van der Waals surface area contributed by atoms with Crippen LogP contribution >= 0.6 is 0 Å². The van der Waals surface area contributed by atoms with Crippen molar-refractivity contribution in [3.05, 3.63) is 0 Å². The van der Waals surface area contributed by atoms with Crippen molar-refractivity contribution in [1.29, 1.82) is 0 Å². The number of carbonyl (C=O) groups excluding carboxylic acids is 1. The van der Waals surface area contributed by atoms with Gasteiger partial charge >= 0.3 is 11.9 Å². The number of esters is 1. The summed E-state index contributed by atoms with van der Waals surface area (Å²) in [6.07, 6.45) is 12.3. The van der Waals surface area contributed by atoms with E-state index in [1.54, 1.807) is 6.92 Å². The molecule has 20 heavy (non-hydrogen) atoms. The fourth-order valence-electron chi connectivity index (χ4n) is 2.06. The SMILES string of the molecule is CCCCCCCCCCCCC(=O)OC(O)(O)CC. The largest absolute Gasteiger partial charge is 0.408 e. The van der Waals surface area contributed by atoms with Gasteiger partial charge in [0.05, 0.1) is 0 Å². The molecule has 0 aromatic rings. The quantitative estimate of drug-likeness (QED) is 0.306. The molecule has 0 aromatic carbocycles. The Morgan fingerprint density at radius 2 is 1.30 bits per heavy atom. The second-order valence-electron chi connectivity index (χ2n) is 5.50. The second kappa shape index (κ2) is 12.2. The van der Waals surface area contributed by atoms with Gasteiger partial charge < -0.3 is 14.9 Å². The minimum Gasteiger partial charge on any atom is -0.408 e. The molecule has 2 N–H and O–H groups in total. The molecule has 0 heterocycles. The first kappa shape index (κ1) is 19.4. The van der Waals surface area contributed by atoms with Gasteiger partial charge in [-0.3, -0.25) is 4.79 Å². The average Bonchev–Trinajstić information content (AvgIpc) is 2.40. The lowest BCUT2D eigenvalue weighted by molar-refractivity contribution is -0.319. The molecule has 0 saturated carbocycles. The van der Waals surface area contributed by atoms with Crippen molar-refractivity contribution in [3.8, 4) is 0 Å². The normalized spacial score (nSPS) is 11.6. The van der Waals surface area contributed by atoms with Crippen molar-refractivity contribution in [3.63, 3.8) is 0 Å². The van der Waals surface area contributed by atoms with Crippen LogP contribution in [0.15, 0.2) is 0 Å². The summed E-state index contributed by atoms with van der Waals surface area (Å²) in [6, 6.07) is 0. The fourth-order valence-corrected chi connectivity index (χ4v) is 2.06. The van der Waals surface area contributed by atoms with Crippen molar-refractivity contribution in [2.75, 3.05) is 0 Å². The highest BCUT2D eigenvalue weighted by atomic mass is 16.8. The number of ether oxygens (including phenoxy) is 1. The van der Waals surface area contributed by atoms with E-state index in [9.17, 15) is 4.79 Å². The molecule has 4 nitrogen and oxygen atoms in total. The molecular formula is C16H32O4. The molecule has 0 radical (unpaired) electrons. The van der Waals surface area contributed by atoms with E-state index in [0.29, 0.717) is 0 Å². The number of hydrogen-bond acceptors (Lipinski definition) is 4. The molecule has 0 aromatic heterocycles. The van der Waals surface area contributed by atoms with E-state index >= 15 is 0 Å². The first-order valence-electron chi connectivity index (χ1n) is 8.18. The Labute approximate surface area is 123 Å². The molecule has 0 unspecified atom stereocenters. The topological polar surface area (TPSA) is 66.8 Å². The zero-order valence-corrected chi connectivity index (χ0v) is 13.2. The number of carbonyl (C=O) groups is 1. The van der Waals surface area contributed by atoms with Crippen molar-refractivity contribution in [2.45, 2.75) is 96.9 Å². The third kappa shape index (κ3) is 12.4. The Bertz CT molecular complexity index is 239. The van der Waals surface area contributed by atoms with E-state index < -0.39 is 11.9 Å². The zero-order valence-electron chi connectivity index (χ0n) is 13.2. The summed E-state index contributed by atoms with van der Waals surface area (Å²) < 4.78 is 4.54. The van der Waals surface area contributed by atoms with Crippen LogP contribution in [0.1, 0.15) is 90.9 Å². The van der Waals surface area contributed by atoms with Gasteiger partial charge in [-0.05, 0) is 6.42 Å². The molecule has 0 aliphatic carbocycles. The lowest BCUT2D eigenvalue weighted by Gasteiger charge is -2.19. The average molecular weight is 288 g/mol. The second-order valence-corrected chi connectivity index (χ2v) is 5.50. The van der Waals surface area contributed by atoms with E-state index in [1.807, 2.05) is 0 Å². The van der Waals surface area contributed by atoms with Gasteiger partial charge in [-0.1, -0.05) is 71.6 Å². The standard InChI is InChI=1S/C16H32O4/c1-3-5-6-7-8-9-10-11-12-13-14-15(17)20-16(18,19)4-2/h18-19H,3-14H2,1-2H3. The van der Waals surface area contributed by atoms with Crippen molar-refractivity contribution < 1.29 is 19.7 Å². The van der Waals surface area contributed by atoms with Crippen LogP contribution in [0.3, 0.4) is 0 Å². The smallest absolute Gasteiger partial charge is 0.323 e. The molecule has 0 amide bonds. The Kier molecular flexibility index (Phi) is 11.8. The maximum Gasteiger partial charge on any atom is 0.323 e. The van der Waals surface area contributed by atoms with Crippen molar-refractivity contribution in [1.82, 2.24) is 0 Å². The van der Waals surface area contributed by atoms with Gasteiger partial charge in [-0.15, -0.1) is 0 Å². The van der Waals surface area contributed by atoms with Crippen molar-refractivity contribution >= 4 is 5.97 Å². The number of unbranched alkanes of at least 4 members (excludes halogenated alkanes) is 9. The maximum absolute atomic E-state index is 11.3. The van der Waals surface area contributed by atoms with Crippen LogP contribution in [-0.2, 0) is 9.53 Å². The van der Waals surface area contributed by atoms with E-state index in [1.165, 1.54) is 44.9 Å². The van der Waals surface area contributed by atoms with Gasteiger partial charge in [-0.25, -0.2) is 0 Å². The highest BCUT2D eigenvalue weighted by Gasteiger charge is 2.25. The molecular weight excluding hydrogens is 256 g/mol. The Morgan fingerprint density at radius 3 is 1.75 bits per heavy atom. The Balaban J connectivity index is 3.30. The summed E-state index contributed by atoms with van der Waals surface area (Å²) in [6.45, 7) is 3.77. The number of hydrogen-bond donors (Lipinski definition) is 2. The van der Waals surface area contributed by atoms with Gasteiger partial charge in [-0.2, -0.15) is 0 Å². The minimum absolute atomic E-state index is 0.0171. The minimum atomic E-state index is -2.30. The number of rotatable bonds is 13. The monoisotopic (exact) mass is 288 g/mol. The number of aliphatic hydroxyl groups is 2. The molecule has 0 rings (SSSR count). The Hall–Kier alpha value is -0.610. The summed E-state index contributed by atoms with van der Waals surface area (Å²) in [5, 5.41) is 18.3. The molecule has 0 fully saturated rings. The van der Waals surface area contributed by atoms with Crippen molar-refractivity contribution in [2.24, 2.45) is 0 Å². The Morgan fingerprint density at radius 1 is 0.850 bits per heavy atom. The van der Waals surface area contributed by atoms with Crippen LogP contribution in [0.25, 0.3) is 0 Å². The summed E-state index contributed by atoms with van der Waals surface area (Å²) in [7, 11) is 0. The fraction of sp³-hybridized carbons (Fsp3) is 0.938. The lowest BCUT2D eigenvalue weighted by Crippen LogP contribution is -2.33. The van der Waals surface area contributed by atoms with Crippen LogP contribution < -0.4 is 0 Å². The third-order valence-corrected chi connectivity index (χ3v) is 3.47. The molecule has 0 spiro atoms. The van der Waals surface area contributed by atoms with Gasteiger partial charge in [0.2, 0.25) is 0 Å². The van der Waals surface area contributed by atoms with Crippen LogP contribution in [0, 0.1) is 0 Å². The third-order valence-electron chi connectivity index (χ3n) is 3.47. The predicted octanol–water partition coefficient (Wildman–Crippen LogP) is 3.89. The van der Waals surface area contributed by atoms with E-state index in [2.05, 4.69) is 11.7 Å². The highest BCUT2D eigenvalue weighted by molar-refractivity contribution is 5.69. The van der Waals surface area contributed by atoms with Crippen LogP contribution in [0.5, 0.6) is 0 Å². The van der Waals surface area contributed by atoms with Crippen LogP contribution in [0.2, 0.25) is 0 Å². The van der Waals surface area contributed by atoms with E-state index in [-0.39, 0.29) is 12.8 Å². The molecule has 0 atom stereocenters. The summed E-state index contributed by atoms with van der Waals surface area (Å²) in [4.78, 5) is 11.3. The maximum atomic E-state index is 11.3. The summed E-state index contributed by atoms with van der Waals surface area (Å²) in [5.74, 6) is -2.83. The molecule has 4 heteroatoms. The van der Waals surface area contributed by atoms with Gasteiger partial charge in [0.25, 0.3) is 0 Å². The lowest BCUT2D eigenvalue weighted by atomic mass is 10.1. The molecule has 0 bridgehead atoms. The first-order chi connectivity index (χ1) is 9.52. The van der Waals surface area contributed by atoms with Crippen LogP contribution in [-0.4, -0.2) is 22.2 Å². The van der Waals surface area contributed by atoms with Gasteiger partial charge in [0.1, 0.15) is 0 Å². The summed E-state index contributed by atoms with van der Waals surface area (Å²) in [5.41, 5.74) is 0.